The molecule has 3 aromatic carbocycles. The Morgan fingerprint density at radius 1 is 0.969 bits per heavy atom. The van der Waals surface area contributed by atoms with Gasteiger partial charge in [0.15, 0.2) is 0 Å². The fourth-order valence-electron chi connectivity index (χ4n) is 2.77. The molecule has 0 radical (unpaired) electrons. The lowest BCUT2D eigenvalue weighted by molar-refractivity contribution is -0.119. The SMILES string of the molecule is O=C(CN(c1ccc(F)c(Cl)c1)S(=O)(=O)c1ccccc1)NCCOc1ccccc1Cl. The van der Waals surface area contributed by atoms with E-state index in [4.69, 9.17) is 27.9 Å². The number of sulfonamides is 1. The van der Waals surface area contributed by atoms with Gasteiger partial charge in [0.25, 0.3) is 10.0 Å². The van der Waals surface area contributed by atoms with Crippen LogP contribution in [0, 0.1) is 5.82 Å². The Bertz CT molecular complexity index is 1190. The van der Waals surface area contributed by atoms with Gasteiger partial charge in [0.05, 0.1) is 27.2 Å². The van der Waals surface area contributed by atoms with E-state index in [2.05, 4.69) is 5.32 Å². The van der Waals surface area contributed by atoms with E-state index in [-0.39, 0.29) is 28.8 Å². The molecule has 0 unspecified atom stereocenters. The number of rotatable bonds is 9. The molecule has 3 aromatic rings. The normalized spacial score (nSPS) is 11.1. The van der Waals surface area contributed by atoms with Gasteiger partial charge in [-0.05, 0) is 42.5 Å². The lowest BCUT2D eigenvalue weighted by Gasteiger charge is -2.24. The van der Waals surface area contributed by atoms with Crippen LogP contribution in [-0.2, 0) is 14.8 Å². The molecule has 0 spiro atoms. The second-order valence-electron chi connectivity index (χ2n) is 6.55. The Labute approximate surface area is 195 Å². The van der Waals surface area contributed by atoms with Crippen LogP contribution in [0.25, 0.3) is 0 Å². The van der Waals surface area contributed by atoms with Gasteiger partial charge in [-0.2, -0.15) is 0 Å². The van der Waals surface area contributed by atoms with Crippen molar-refractivity contribution in [1.29, 1.82) is 0 Å². The van der Waals surface area contributed by atoms with Gasteiger partial charge in [-0.3, -0.25) is 9.10 Å². The zero-order valence-electron chi connectivity index (χ0n) is 16.7. The number of hydrogen-bond acceptors (Lipinski definition) is 4. The summed E-state index contributed by atoms with van der Waals surface area (Å²) in [6.45, 7) is -0.290. The van der Waals surface area contributed by atoms with Crippen molar-refractivity contribution in [2.75, 3.05) is 24.0 Å². The lowest BCUT2D eigenvalue weighted by Crippen LogP contribution is -2.42. The molecule has 10 heteroatoms. The number of anilines is 1. The molecule has 0 atom stereocenters. The number of nitrogens with zero attached hydrogens (tertiary/aromatic N) is 1. The molecule has 0 heterocycles. The minimum atomic E-state index is -4.12. The number of carbonyl (C=O) groups is 1. The van der Waals surface area contributed by atoms with E-state index in [0.717, 1.165) is 16.4 Å². The number of nitrogens with one attached hydrogen (secondary N) is 1. The Morgan fingerprint density at radius 3 is 2.34 bits per heavy atom. The van der Waals surface area contributed by atoms with Crippen molar-refractivity contribution < 1.29 is 22.3 Å². The fraction of sp³-hybridized carbons (Fsp3) is 0.136. The van der Waals surface area contributed by atoms with Gasteiger partial charge in [-0.1, -0.05) is 53.5 Å². The second-order valence-corrected chi connectivity index (χ2v) is 9.23. The lowest BCUT2D eigenvalue weighted by atomic mass is 10.3. The Balaban J connectivity index is 1.73. The highest BCUT2D eigenvalue weighted by Crippen LogP contribution is 2.27. The van der Waals surface area contributed by atoms with E-state index in [9.17, 15) is 17.6 Å². The minimum absolute atomic E-state index is 0.0182. The third kappa shape index (κ3) is 5.91. The van der Waals surface area contributed by atoms with Crippen LogP contribution in [0.1, 0.15) is 0 Å². The molecule has 0 aromatic heterocycles. The fourth-order valence-corrected chi connectivity index (χ4v) is 4.57. The summed E-state index contributed by atoms with van der Waals surface area (Å²) in [5, 5.41) is 2.78. The molecule has 0 saturated carbocycles. The highest BCUT2D eigenvalue weighted by molar-refractivity contribution is 7.92. The van der Waals surface area contributed by atoms with Gasteiger partial charge in [-0.25, -0.2) is 12.8 Å². The van der Waals surface area contributed by atoms with E-state index in [1.165, 1.54) is 18.2 Å². The molecule has 1 amide bonds. The Kier molecular flexibility index (Phi) is 7.95. The van der Waals surface area contributed by atoms with Crippen molar-refractivity contribution in [3.8, 4) is 5.75 Å². The largest absolute Gasteiger partial charge is 0.490 e. The van der Waals surface area contributed by atoms with Crippen LogP contribution in [0.4, 0.5) is 10.1 Å². The molecular formula is C22H19Cl2FN2O4S. The first-order chi connectivity index (χ1) is 15.3. The molecule has 0 aliphatic heterocycles. The quantitative estimate of drug-likeness (QED) is 0.441. The van der Waals surface area contributed by atoms with Crippen molar-refractivity contribution >= 4 is 44.8 Å². The van der Waals surface area contributed by atoms with Crippen LogP contribution < -0.4 is 14.4 Å². The molecule has 6 nitrogen and oxygen atoms in total. The molecule has 32 heavy (non-hydrogen) atoms. The summed E-state index contributed by atoms with van der Waals surface area (Å²) >= 11 is 11.9. The van der Waals surface area contributed by atoms with Crippen LogP contribution in [-0.4, -0.2) is 34.0 Å². The number of carbonyl (C=O) groups excluding carboxylic acids is 1. The highest BCUT2D eigenvalue weighted by atomic mass is 35.5. The molecule has 168 valence electrons. The van der Waals surface area contributed by atoms with Crippen molar-refractivity contribution in [3.05, 3.63) is 88.7 Å². The summed E-state index contributed by atoms with van der Waals surface area (Å²) in [4.78, 5) is 12.5. The van der Waals surface area contributed by atoms with E-state index >= 15 is 0 Å². The van der Waals surface area contributed by atoms with Crippen molar-refractivity contribution in [1.82, 2.24) is 5.32 Å². The van der Waals surface area contributed by atoms with Crippen molar-refractivity contribution in [2.45, 2.75) is 4.90 Å². The summed E-state index contributed by atoms with van der Waals surface area (Å²) in [6.07, 6.45) is 0. The van der Waals surface area contributed by atoms with Crippen LogP contribution in [0.2, 0.25) is 10.0 Å². The molecule has 0 fully saturated rings. The predicted octanol–water partition coefficient (Wildman–Crippen LogP) is 4.52. The molecule has 0 aliphatic rings. The molecule has 0 saturated heterocycles. The number of ether oxygens (including phenoxy) is 1. The zero-order valence-corrected chi connectivity index (χ0v) is 19.0. The maximum absolute atomic E-state index is 13.6. The highest BCUT2D eigenvalue weighted by Gasteiger charge is 2.27. The zero-order chi connectivity index (χ0) is 23.1. The van der Waals surface area contributed by atoms with Crippen molar-refractivity contribution in [2.24, 2.45) is 0 Å². The number of para-hydroxylation sites is 1. The minimum Gasteiger partial charge on any atom is -0.490 e. The average Bonchev–Trinajstić information content (AvgIpc) is 2.78. The first kappa shape index (κ1) is 23.8. The maximum atomic E-state index is 13.6. The number of amides is 1. The first-order valence-corrected chi connectivity index (χ1v) is 11.7. The van der Waals surface area contributed by atoms with E-state index in [1.807, 2.05) is 0 Å². The number of halogens is 3. The van der Waals surface area contributed by atoms with Gasteiger partial charge in [-0.15, -0.1) is 0 Å². The summed E-state index contributed by atoms with van der Waals surface area (Å²) in [5.74, 6) is -0.806. The molecular weight excluding hydrogens is 478 g/mol. The third-order valence-corrected chi connectivity index (χ3v) is 6.72. The first-order valence-electron chi connectivity index (χ1n) is 9.46. The average molecular weight is 497 g/mol. The Morgan fingerprint density at radius 2 is 1.66 bits per heavy atom. The van der Waals surface area contributed by atoms with Crippen LogP contribution in [0.15, 0.2) is 77.7 Å². The van der Waals surface area contributed by atoms with Gasteiger partial charge >= 0.3 is 0 Å². The second kappa shape index (κ2) is 10.7. The van der Waals surface area contributed by atoms with E-state index in [0.29, 0.717) is 10.8 Å². The standard InChI is InChI=1S/C22H19Cl2FN2O4S/c23-18-8-4-5-9-21(18)31-13-12-26-22(28)15-27(16-10-11-20(25)19(24)14-16)32(29,30)17-6-2-1-3-7-17/h1-11,14H,12-13,15H2,(H,26,28). The van der Waals surface area contributed by atoms with Crippen LogP contribution >= 0.6 is 23.2 Å². The summed E-state index contributed by atoms with van der Waals surface area (Å²) < 4.78 is 46.4. The number of benzene rings is 3. The van der Waals surface area contributed by atoms with Gasteiger partial charge in [0, 0.05) is 0 Å². The molecule has 0 bridgehead atoms. The summed E-state index contributed by atoms with van der Waals surface area (Å²) in [7, 11) is -4.12. The van der Waals surface area contributed by atoms with Crippen LogP contribution in [0.3, 0.4) is 0 Å². The smallest absolute Gasteiger partial charge is 0.264 e. The summed E-state index contributed by atoms with van der Waals surface area (Å²) in [5.41, 5.74) is 0.0581. The topological polar surface area (TPSA) is 75.7 Å². The predicted molar refractivity (Wildman–Crippen MR) is 122 cm³/mol. The van der Waals surface area contributed by atoms with E-state index < -0.39 is 28.3 Å². The summed E-state index contributed by atoms with van der Waals surface area (Å²) in [6, 6.07) is 18.0. The molecule has 0 aliphatic carbocycles. The monoisotopic (exact) mass is 496 g/mol. The van der Waals surface area contributed by atoms with Gasteiger partial charge in [0.2, 0.25) is 5.91 Å². The van der Waals surface area contributed by atoms with Crippen LogP contribution in [0.5, 0.6) is 5.75 Å². The van der Waals surface area contributed by atoms with E-state index in [1.54, 1.807) is 42.5 Å². The van der Waals surface area contributed by atoms with Gasteiger partial charge < -0.3 is 10.1 Å². The number of hydrogen-bond donors (Lipinski definition) is 1. The molecule has 3 rings (SSSR count). The van der Waals surface area contributed by atoms with Gasteiger partial charge in [0.1, 0.15) is 24.7 Å². The maximum Gasteiger partial charge on any atom is 0.264 e. The third-order valence-electron chi connectivity index (χ3n) is 4.33. The Hall–Kier alpha value is -2.81. The molecule has 1 N–H and O–H groups in total. The van der Waals surface area contributed by atoms with Crippen molar-refractivity contribution in [3.63, 3.8) is 0 Å².